The fourth-order valence-electron chi connectivity index (χ4n) is 2.48. The number of carbonyl (C=O) groups is 2. The Balaban J connectivity index is 1.98. The molecule has 1 atom stereocenters. The van der Waals surface area contributed by atoms with Crippen molar-refractivity contribution in [2.45, 2.75) is 26.2 Å². The van der Waals surface area contributed by atoms with Gasteiger partial charge >= 0.3 is 5.97 Å². The Bertz CT molecular complexity index is 567. The van der Waals surface area contributed by atoms with Crippen LogP contribution in [0.4, 0.5) is 0 Å². The maximum Gasteiger partial charge on any atom is 0.307 e. The largest absolute Gasteiger partial charge is 0.481 e. The molecule has 1 aromatic rings. The summed E-state index contributed by atoms with van der Waals surface area (Å²) in [4.78, 5) is 22.9. The normalized spacial score (nSPS) is 18.1. The highest BCUT2D eigenvalue weighted by Crippen LogP contribution is 2.28. The Morgan fingerprint density at radius 3 is 2.55 bits per heavy atom. The van der Waals surface area contributed by atoms with Crippen LogP contribution in [0.1, 0.15) is 36.5 Å². The Hall–Kier alpha value is -2.16. The fraction of sp³-hybridized carbons (Fsp3) is 0.294. The number of ketones is 1. The summed E-state index contributed by atoms with van der Waals surface area (Å²) in [6.07, 6.45) is 5.11. The van der Waals surface area contributed by atoms with Crippen LogP contribution in [0.15, 0.2) is 53.6 Å². The summed E-state index contributed by atoms with van der Waals surface area (Å²) < 4.78 is 0. The standard InChI is InChI=1S/C17H18O3/c1-12-9-13(7-8-15(12)11-17(19)20)10-16(18)14-5-3-2-4-6-14/h2-8,13H,9-11H2,1H3,(H,19,20). The SMILES string of the molecule is CC1=C(CC(=O)O)C=CC(CC(=O)c2ccccc2)C1. The number of Topliss-reactive ketones (excluding diaryl/α,β-unsaturated/α-hetero) is 1. The van der Waals surface area contributed by atoms with E-state index < -0.39 is 5.97 Å². The first-order chi connectivity index (χ1) is 9.56. The van der Waals surface area contributed by atoms with E-state index in [1.54, 1.807) is 0 Å². The molecule has 0 heterocycles. The van der Waals surface area contributed by atoms with Crippen molar-refractivity contribution >= 4 is 11.8 Å². The van der Waals surface area contributed by atoms with Gasteiger partial charge < -0.3 is 5.11 Å². The van der Waals surface area contributed by atoms with E-state index in [0.29, 0.717) is 6.42 Å². The van der Waals surface area contributed by atoms with Gasteiger partial charge in [0.15, 0.2) is 5.78 Å². The predicted octanol–water partition coefficient (Wildman–Crippen LogP) is 3.63. The quantitative estimate of drug-likeness (QED) is 0.831. The lowest BCUT2D eigenvalue weighted by atomic mass is 9.85. The highest BCUT2D eigenvalue weighted by atomic mass is 16.4. The smallest absolute Gasteiger partial charge is 0.307 e. The molecule has 0 radical (unpaired) electrons. The van der Waals surface area contributed by atoms with Gasteiger partial charge in [-0.2, -0.15) is 0 Å². The third kappa shape index (κ3) is 3.67. The maximum absolute atomic E-state index is 12.1. The molecule has 3 nitrogen and oxygen atoms in total. The van der Waals surface area contributed by atoms with Gasteiger partial charge in [0.1, 0.15) is 0 Å². The average Bonchev–Trinajstić information content (AvgIpc) is 2.42. The van der Waals surface area contributed by atoms with Crippen molar-refractivity contribution in [3.8, 4) is 0 Å². The highest BCUT2D eigenvalue weighted by Gasteiger charge is 2.18. The Kier molecular flexibility index (Phi) is 4.51. The molecule has 1 unspecified atom stereocenters. The van der Waals surface area contributed by atoms with E-state index >= 15 is 0 Å². The molecule has 1 aliphatic carbocycles. The van der Waals surface area contributed by atoms with Gasteiger partial charge in [-0.15, -0.1) is 0 Å². The summed E-state index contributed by atoms with van der Waals surface area (Å²) in [5.41, 5.74) is 2.67. The fourth-order valence-corrected chi connectivity index (χ4v) is 2.48. The molecule has 0 amide bonds. The van der Waals surface area contributed by atoms with Gasteiger partial charge in [0.25, 0.3) is 0 Å². The highest BCUT2D eigenvalue weighted by molar-refractivity contribution is 5.96. The molecule has 3 heteroatoms. The van der Waals surface area contributed by atoms with Gasteiger partial charge in [0.2, 0.25) is 0 Å². The van der Waals surface area contributed by atoms with Gasteiger partial charge in [-0.1, -0.05) is 48.1 Å². The van der Waals surface area contributed by atoms with Crippen LogP contribution in [0.2, 0.25) is 0 Å². The second kappa shape index (κ2) is 6.33. The molecule has 0 aliphatic heterocycles. The van der Waals surface area contributed by atoms with E-state index in [1.165, 1.54) is 0 Å². The molecule has 1 N–H and O–H groups in total. The topological polar surface area (TPSA) is 54.4 Å². The summed E-state index contributed by atoms with van der Waals surface area (Å²) in [6.45, 7) is 1.95. The van der Waals surface area contributed by atoms with Gasteiger partial charge in [0, 0.05) is 12.0 Å². The molecule has 0 fully saturated rings. The lowest BCUT2D eigenvalue weighted by Gasteiger charge is -2.19. The summed E-state index contributed by atoms with van der Waals surface area (Å²) in [7, 11) is 0. The molecule has 0 saturated carbocycles. The van der Waals surface area contributed by atoms with Crippen LogP contribution in [0.3, 0.4) is 0 Å². The Morgan fingerprint density at radius 2 is 1.95 bits per heavy atom. The molecule has 0 aromatic heterocycles. The molecule has 0 bridgehead atoms. The number of aliphatic carboxylic acids is 1. The average molecular weight is 270 g/mol. The molecule has 104 valence electrons. The molecule has 1 aliphatic rings. The number of carboxylic acids is 1. The summed E-state index contributed by atoms with van der Waals surface area (Å²) in [6, 6.07) is 9.27. The van der Waals surface area contributed by atoms with Crippen LogP contribution in [-0.2, 0) is 4.79 Å². The minimum atomic E-state index is -0.817. The predicted molar refractivity (Wildman–Crippen MR) is 77.6 cm³/mol. The third-order valence-electron chi connectivity index (χ3n) is 3.57. The minimum absolute atomic E-state index is 0.0572. The summed E-state index contributed by atoms with van der Waals surface area (Å²) in [5.74, 6) is -0.516. The number of hydrogen-bond acceptors (Lipinski definition) is 2. The maximum atomic E-state index is 12.1. The zero-order valence-corrected chi connectivity index (χ0v) is 11.5. The first-order valence-electron chi connectivity index (χ1n) is 6.73. The van der Waals surface area contributed by atoms with Gasteiger partial charge in [-0.25, -0.2) is 0 Å². The van der Waals surface area contributed by atoms with Gasteiger partial charge in [-0.3, -0.25) is 9.59 Å². The third-order valence-corrected chi connectivity index (χ3v) is 3.57. The molecule has 1 aromatic carbocycles. The van der Waals surface area contributed by atoms with Crippen molar-refractivity contribution in [3.63, 3.8) is 0 Å². The van der Waals surface area contributed by atoms with Crippen molar-refractivity contribution in [3.05, 3.63) is 59.2 Å². The van der Waals surface area contributed by atoms with Crippen LogP contribution < -0.4 is 0 Å². The molecular formula is C17H18O3. The van der Waals surface area contributed by atoms with Crippen LogP contribution in [0.25, 0.3) is 0 Å². The number of rotatable bonds is 5. The van der Waals surface area contributed by atoms with Crippen LogP contribution in [0, 0.1) is 5.92 Å². The number of carbonyl (C=O) groups excluding carboxylic acids is 1. The molecule has 2 rings (SSSR count). The molecule has 0 saturated heterocycles. The van der Waals surface area contributed by atoms with Crippen molar-refractivity contribution in [2.24, 2.45) is 5.92 Å². The number of benzene rings is 1. The molecular weight excluding hydrogens is 252 g/mol. The van der Waals surface area contributed by atoms with Crippen molar-refractivity contribution in [2.75, 3.05) is 0 Å². The monoisotopic (exact) mass is 270 g/mol. The lowest BCUT2D eigenvalue weighted by Crippen LogP contribution is -2.11. The van der Waals surface area contributed by atoms with Crippen LogP contribution in [0.5, 0.6) is 0 Å². The first-order valence-corrected chi connectivity index (χ1v) is 6.73. The minimum Gasteiger partial charge on any atom is -0.481 e. The summed E-state index contributed by atoms with van der Waals surface area (Å²) >= 11 is 0. The van der Waals surface area contributed by atoms with E-state index in [2.05, 4.69) is 0 Å². The zero-order chi connectivity index (χ0) is 14.5. The number of hydrogen-bond donors (Lipinski definition) is 1. The van der Waals surface area contributed by atoms with Crippen molar-refractivity contribution < 1.29 is 14.7 Å². The second-order valence-electron chi connectivity index (χ2n) is 5.19. The van der Waals surface area contributed by atoms with Crippen molar-refractivity contribution in [1.29, 1.82) is 0 Å². The van der Waals surface area contributed by atoms with Crippen LogP contribution in [-0.4, -0.2) is 16.9 Å². The van der Waals surface area contributed by atoms with E-state index in [4.69, 9.17) is 5.11 Å². The van der Waals surface area contributed by atoms with E-state index in [9.17, 15) is 9.59 Å². The van der Waals surface area contributed by atoms with Gasteiger partial charge in [-0.05, 0) is 24.8 Å². The number of carboxylic acid groups (broad SMARTS) is 1. The Labute approximate surface area is 118 Å². The number of allylic oxidation sites excluding steroid dienone is 3. The molecule has 0 spiro atoms. The molecule has 20 heavy (non-hydrogen) atoms. The van der Waals surface area contributed by atoms with Crippen molar-refractivity contribution in [1.82, 2.24) is 0 Å². The first kappa shape index (κ1) is 14.3. The summed E-state index contributed by atoms with van der Waals surface area (Å²) in [5, 5.41) is 8.82. The van der Waals surface area contributed by atoms with Crippen LogP contribution >= 0.6 is 0 Å². The van der Waals surface area contributed by atoms with Gasteiger partial charge in [0.05, 0.1) is 6.42 Å². The second-order valence-corrected chi connectivity index (χ2v) is 5.19. The zero-order valence-electron chi connectivity index (χ0n) is 11.5. The van der Waals surface area contributed by atoms with E-state index in [0.717, 1.165) is 23.1 Å². The van der Waals surface area contributed by atoms with E-state index in [1.807, 2.05) is 49.4 Å². The lowest BCUT2D eigenvalue weighted by molar-refractivity contribution is -0.136. The Morgan fingerprint density at radius 1 is 1.25 bits per heavy atom. The van der Waals surface area contributed by atoms with E-state index in [-0.39, 0.29) is 18.1 Å².